The van der Waals surface area contributed by atoms with Gasteiger partial charge in [0.2, 0.25) is 5.91 Å². The lowest BCUT2D eigenvalue weighted by Crippen LogP contribution is -2.25. The SMILES string of the molecule is CSc1nnc(CCCNC(=O)c2ccc(NC(=O)C3CC3)cc2)n1CC(C)C. The fourth-order valence-corrected chi connectivity index (χ4v) is 3.57. The van der Waals surface area contributed by atoms with E-state index in [9.17, 15) is 9.59 Å². The van der Waals surface area contributed by atoms with Gasteiger partial charge in [-0.2, -0.15) is 0 Å². The summed E-state index contributed by atoms with van der Waals surface area (Å²) in [6.45, 7) is 5.82. The number of hydrogen-bond donors (Lipinski definition) is 2. The lowest BCUT2D eigenvalue weighted by Gasteiger charge is -2.12. The largest absolute Gasteiger partial charge is 0.352 e. The molecule has 1 aromatic heterocycles. The summed E-state index contributed by atoms with van der Waals surface area (Å²) >= 11 is 1.60. The third-order valence-electron chi connectivity index (χ3n) is 4.75. The first kappa shape index (κ1) is 21.4. The van der Waals surface area contributed by atoms with E-state index in [4.69, 9.17) is 0 Å². The first-order valence-corrected chi connectivity index (χ1v) is 11.4. The molecule has 1 saturated carbocycles. The molecule has 1 aliphatic rings. The van der Waals surface area contributed by atoms with Crippen LogP contribution in [-0.2, 0) is 17.8 Å². The maximum atomic E-state index is 12.3. The molecule has 1 fully saturated rings. The quantitative estimate of drug-likeness (QED) is 0.459. The molecule has 8 heteroatoms. The van der Waals surface area contributed by atoms with E-state index in [1.165, 1.54) is 0 Å². The fourth-order valence-electron chi connectivity index (χ4n) is 3.05. The molecule has 0 spiro atoms. The monoisotopic (exact) mass is 415 g/mol. The fraction of sp³-hybridized carbons (Fsp3) is 0.524. The maximum absolute atomic E-state index is 12.3. The van der Waals surface area contributed by atoms with Gasteiger partial charge in [-0.05, 0) is 55.7 Å². The van der Waals surface area contributed by atoms with Crippen LogP contribution in [0.15, 0.2) is 29.4 Å². The van der Waals surface area contributed by atoms with E-state index in [0.717, 1.165) is 48.9 Å². The van der Waals surface area contributed by atoms with E-state index >= 15 is 0 Å². The Balaban J connectivity index is 1.45. The number of nitrogens with zero attached hydrogens (tertiary/aromatic N) is 3. The summed E-state index contributed by atoms with van der Waals surface area (Å²) in [6, 6.07) is 7.02. The van der Waals surface area contributed by atoms with Crippen molar-refractivity contribution >= 4 is 29.3 Å². The van der Waals surface area contributed by atoms with Gasteiger partial charge >= 0.3 is 0 Å². The highest BCUT2D eigenvalue weighted by Gasteiger charge is 2.29. The van der Waals surface area contributed by atoms with Gasteiger partial charge in [-0.15, -0.1) is 10.2 Å². The molecule has 3 rings (SSSR count). The van der Waals surface area contributed by atoms with Gasteiger partial charge in [-0.3, -0.25) is 9.59 Å². The molecule has 2 aromatic rings. The van der Waals surface area contributed by atoms with Crippen LogP contribution in [0.4, 0.5) is 5.69 Å². The van der Waals surface area contributed by atoms with Crippen molar-refractivity contribution in [3.63, 3.8) is 0 Å². The second-order valence-corrected chi connectivity index (χ2v) is 8.58. The molecule has 2 N–H and O–H groups in total. The predicted octanol–water partition coefficient (Wildman–Crippen LogP) is 3.37. The Morgan fingerprint density at radius 3 is 2.55 bits per heavy atom. The summed E-state index contributed by atoms with van der Waals surface area (Å²) in [6.07, 6.45) is 5.52. The van der Waals surface area contributed by atoms with Crippen LogP contribution in [0.5, 0.6) is 0 Å². The Hall–Kier alpha value is -2.35. The molecular weight excluding hydrogens is 386 g/mol. The molecule has 2 amide bonds. The lowest BCUT2D eigenvalue weighted by atomic mass is 10.2. The summed E-state index contributed by atoms with van der Waals surface area (Å²) in [4.78, 5) is 24.1. The molecule has 7 nitrogen and oxygen atoms in total. The van der Waals surface area contributed by atoms with Crippen LogP contribution in [0.3, 0.4) is 0 Å². The van der Waals surface area contributed by atoms with Crippen LogP contribution in [0, 0.1) is 11.8 Å². The van der Waals surface area contributed by atoms with Crippen LogP contribution in [0.2, 0.25) is 0 Å². The molecule has 1 heterocycles. The van der Waals surface area contributed by atoms with E-state index in [0.29, 0.717) is 18.0 Å². The lowest BCUT2D eigenvalue weighted by molar-refractivity contribution is -0.117. The number of amides is 2. The number of aryl methyl sites for hydroxylation is 1. The molecule has 29 heavy (non-hydrogen) atoms. The molecular formula is C21H29N5O2S. The molecule has 156 valence electrons. The maximum Gasteiger partial charge on any atom is 0.251 e. The number of hydrogen-bond acceptors (Lipinski definition) is 5. The summed E-state index contributed by atoms with van der Waals surface area (Å²) in [5.41, 5.74) is 1.31. The Bertz CT molecular complexity index is 843. The summed E-state index contributed by atoms with van der Waals surface area (Å²) in [7, 11) is 0. The zero-order valence-electron chi connectivity index (χ0n) is 17.3. The number of nitrogens with one attached hydrogen (secondary N) is 2. The minimum absolute atomic E-state index is 0.0668. The normalized spacial score (nSPS) is 13.5. The zero-order chi connectivity index (χ0) is 20.8. The van der Waals surface area contributed by atoms with Crippen LogP contribution in [0.1, 0.15) is 49.3 Å². The summed E-state index contributed by atoms with van der Waals surface area (Å²) in [5.74, 6) is 1.60. The van der Waals surface area contributed by atoms with Crippen molar-refractivity contribution in [1.82, 2.24) is 20.1 Å². The number of benzene rings is 1. The van der Waals surface area contributed by atoms with E-state index in [2.05, 4.69) is 39.2 Å². The van der Waals surface area contributed by atoms with Crippen molar-refractivity contribution in [2.75, 3.05) is 18.1 Å². The molecule has 1 aromatic carbocycles. The smallest absolute Gasteiger partial charge is 0.251 e. The topological polar surface area (TPSA) is 88.9 Å². The highest BCUT2D eigenvalue weighted by Crippen LogP contribution is 2.30. The number of carbonyl (C=O) groups is 2. The Labute approximate surface area is 176 Å². The van der Waals surface area contributed by atoms with Gasteiger partial charge in [0.05, 0.1) is 0 Å². The van der Waals surface area contributed by atoms with Crippen LogP contribution in [0.25, 0.3) is 0 Å². The third kappa shape index (κ3) is 6.06. The molecule has 0 unspecified atom stereocenters. The highest BCUT2D eigenvalue weighted by molar-refractivity contribution is 7.98. The van der Waals surface area contributed by atoms with Gasteiger partial charge in [-0.25, -0.2) is 0 Å². The van der Waals surface area contributed by atoms with Crippen molar-refractivity contribution < 1.29 is 9.59 Å². The second-order valence-electron chi connectivity index (χ2n) is 7.81. The van der Waals surface area contributed by atoms with Crippen LogP contribution < -0.4 is 10.6 Å². The minimum atomic E-state index is -0.112. The number of aromatic nitrogens is 3. The number of anilines is 1. The van der Waals surface area contributed by atoms with Gasteiger partial charge in [0.15, 0.2) is 5.16 Å². The van der Waals surface area contributed by atoms with E-state index in [1.807, 2.05) is 6.26 Å². The average molecular weight is 416 g/mol. The third-order valence-corrected chi connectivity index (χ3v) is 5.42. The average Bonchev–Trinajstić information content (AvgIpc) is 3.49. The molecule has 0 saturated heterocycles. The van der Waals surface area contributed by atoms with Gasteiger partial charge in [-0.1, -0.05) is 25.6 Å². The van der Waals surface area contributed by atoms with Crippen molar-refractivity contribution in [2.24, 2.45) is 11.8 Å². The molecule has 0 aliphatic heterocycles. The summed E-state index contributed by atoms with van der Waals surface area (Å²) in [5, 5.41) is 15.3. The molecule has 1 aliphatic carbocycles. The minimum Gasteiger partial charge on any atom is -0.352 e. The first-order valence-electron chi connectivity index (χ1n) is 10.1. The highest BCUT2D eigenvalue weighted by atomic mass is 32.2. The first-order chi connectivity index (χ1) is 14.0. The van der Waals surface area contributed by atoms with Gasteiger partial charge < -0.3 is 15.2 Å². The van der Waals surface area contributed by atoms with E-state index in [1.54, 1.807) is 36.0 Å². The zero-order valence-corrected chi connectivity index (χ0v) is 18.1. The van der Waals surface area contributed by atoms with Gasteiger partial charge in [0.25, 0.3) is 5.91 Å². The van der Waals surface area contributed by atoms with Gasteiger partial charge in [0, 0.05) is 36.7 Å². The molecule has 0 bridgehead atoms. The Kier molecular flexibility index (Phi) is 7.30. The Morgan fingerprint density at radius 1 is 1.21 bits per heavy atom. The van der Waals surface area contributed by atoms with Crippen LogP contribution >= 0.6 is 11.8 Å². The van der Waals surface area contributed by atoms with Crippen LogP contribution in [-0.4, -0.2) is 39.4 Å². The Morgan fingerprint density at radius 2 is 1.93 bits per heavy atom. The molecule has 0 radical (unpaired) electrons. The number of thioether (sulfide) groups is 1. The number of rotatable bonds is 10. The van der Waals surface area contributed by atoms with E-state index in [-0.39, 0.29) is 17.7 Å². The van der Waals surface area contributed by atoms with Crippen molar-refractivity contribution in [2.45, 2.75) is 51.2 Å². The standard InChI is InChI=1S/C21H29N5O2S/c1-14(2)13-26-18(24-25-21(26)29-3)5-4-12-22-19(27)15-8-10-17(11-9-15)23-20(28)16-6-7-16/h8-11,14,16H,4-7,12-13H2,1-3H3,(H,22,27)(H,23,28). The number of carbonyl (C=O) groups excluding carboxylic acids is 2. The predicted molar refractivity (Wildman–Crippen MR) is 115 cm³/mol. The van der Waals surface area contributed by atoms with E-state index < -0.39 is 0 Å². The van der Waals surface area contributed by atoms with Crippen molar-refractivity contribution in [3.8, 4) is 0 Å². The van der Waals surface area contributed by atoms with Gasteiger partial charge in [0.1, 0.15) is 5.82 Å². The summed E-state index contributed by atoms with van der Waals surface area (Å²) < 4.78 is 2.17. The van der Waals surface area contributed by atoms with Crippen molar-refractivity contribution in [1.29, 1.82) is 0 Å². The molecule has 0 atom stereocenters. The van der Waals surface area contributed by atoms with Crippen molar-refractivity contribution in [3.05, 3.63) is 35.7 Å². The second kappa shape index (κ2) is 9.91.